The van der Waals surface area contributed by atoms with E-state index in [1.807, 2.05) is 0 Å². The molecule has 1 heterocycles. The number of nitrogens with one attached hydrogen (secondary N) is 1. The van der Waals surface area contributed by atoms with Crippen molar-refractivity contribution >= 4 is 39.2 Å². The van der Waals surface area contributed by atoms with Gasteiger partial charge in [0.05, 0.1) is 12.0 Å². The molecule has 1 fully saturated rings. The van der Waals surface area contributed by atoms with Crippen molar-refractivity contribution in [2.45, 2.75) is 43.6 Å². The first-order chi connectivity index (χ1) is 15.7. The highest BCUT2D eigenvalue weighted by Gasteiger charge is 2.28. The summed E-state index contributed by atoms with van der Waals surface area (Å²) in [5.74, 6) is -1.27. The summed E-state index contributed by atoms with van der Waals surface area (Å²) in [6.45, 7) is 2.30. The summed E-state index contributed by atoms with van der Waals surface area (Å²) in [6.07, 6.45) is 2.42. The highest BCUT2D eigenvalue weighted by atomic mass is 35.5. The molecule has 0 spiro atoms. The molecule has 1 amide bonds. The smallest absolute Gasteiger partial charge is 0.342 e. The van der Waals surface area contributed by atoms with Crippen LogP contribution in [0.5, 0.6) is 5.75 Å². The van der Waals surface area contributed by atoms with Crippen LogP contribution in [0, 0.1) is 0 Å². The Bertz CT molecular complexity index is 1110. The summed E-state index contributed by atoms with van der Waals surface area (Å²) in [5, 5.41) is 3.07. The fraction of sp³-hybridized carbons (Fsp3) is 0.391. The Morgan fingerprint density at radius 3 is 2.39 bits per heavy atom. The van der Waals surface area contributed by atoms with Gasteiger partial charge in [0.15, 0.2) is 6.10 Å². The highest BCUT2D eigenvalue weighted by molar-refractivity contribution is 7.89. The number of amides is 1. The third-order valence-corrected chi connectivity index (χ3v) is 7.47. The van der Waals surface area contributed by atoms with Crippen molar-refractivity contribution in [3.8, 4) is 5.75 Å². The molecule has 8 nitrogen and oxygen atoms in total. The van der Waals surface area contributed by atoms with Crippen molar-refractivity contribution in [3.05, 3.63) is 53.1 Å². The Labute approximate surface area is 198 Å². The Kier molecular flexibility index (Phi) is 8.34. The van der Waals surface area contributed by atoms with Gasteiger partial charge >= 0.3 is 5.97 Å². The quantitative estimate of drug-likeness (QED) is 0.581. The summed E-state index contributed by atoms with van der Waals surface area (Å²) in [7, 11) is -2.41. The van der Waals surface area contributed by atoms with E-state index >= 15 is 0 Å². The molecule has 0 bridgehead atoms. The lowest BCUT2D eigenvalue weighted by Gasteiger charge is -2.21. The summed E-state index contributed by atoms with van der Waals surface area (Å²) >= 11 is 5.92. The lowest BCUT2D eigenvalue weighted by atomic mass is 10.2. The summed E-state index contributed by atoms with van der Waals surface area (Å²) in [5.41, 5.74) is 0.384. The Balaban J connectivity index is 1.78. The number of anilines is 1. The zero-order chi connectivity index (χ0) is 24.0. The molecule has 2 aromatic carbocycles. The number of methoxy groups -OCH3 is 1. The normalized spacial score (nSPS) is 15.8. The third-order valence-electron chi connectivity index (χ3n) is 5.34. The minimum absolute atomic E-state index is 0.0202. The lowest BCUT2D eigenvalue weighted by molar-refractivity contribution is -0.123. The van der Waals surface area contributed by atoms with Gasteiger partial charge in [-0.3, -0.25) is 4.79 Å². The average Bonchev–Trinajstić information content (AvgIpc) is 3.08. The second-order valence-electron chi connectivity index (χ2n) is 7.73. The molecule has 33 heavy (non-hydrogen) atoms. The maximum absolute atomic E-state index is 13.1. The van der Waals surface area contributed by atoms with Gasteiger partial charge in [0.2, 0.25) is 10.0 Å². The van der Waals surface area contributed by atoms with Crippen molar-refractivity contribution in [1.82, 2.24) is 4.31 Å². The van der Waals surface area contributed by atoms with E-state index in [9.17, 15) is 18.0 Å². The van der Waals surface area contributed by atoms with Crippen LogP contribution in [0.3, 0.4) is 0 Å². The van der Waals surface area contributed by atoms with Gasteiger partial charge in [-0.2, -0.15) is 4.31 Å². The second kappa shape index (κ2) is 11.0. The Morgan fingerprint density at radius 1 is 1.06 bits per heavy atom. The number of carbonyl (C=O) groups excluding carboxylic acids is 2. The van der Waals surface area contributed by atoms with Gasteiger partial charge in [-0.25, -0.2) is 13.2 Å². The molecule has 0 radical (unpaired) electrons. The zero-order valence-electron chi connectivity index (χ0n) is 18.5. The van der Waals surface area contributed by atoms with Gasteiger partial charge in [-0.05, 0) is 56.2 Å². The van der Waals surface area contributed by atoms with Crippen LogP contribution in [0.15, 0.2) is 47.4 Å². The Morgan fingerprint density at radius 2 is 1.76 bits per heavy atom. The van der Waals surface area contributed by atoms with Crippen molar-refractivity contribution in [2.75, 3.05) is 25.5 Å². The number of nitrogens with zero attached hydrogens (tertiary/aromatic N) is 1. The summed E-state index contributed by atoms with van der Waals surface area (Å²) < 4.78 is 38.2. The lowest BCUT2D eigenvalue weighted by Crippen LogP contribution is -2.32. The fourth-order valence-corrected chi connectivity index (χ4v) is 5.26. The number of hydrogen-bond donors (Lipinski definition) is 1. The minimum atomic E-state index is -3.78. The standard InChI is InChI=1S/C23H27ClN2O6S/c1-16(22(27)25-18-9-7-8-17(24)14-18)32-23(28)20-15-19(10-11-21(20)31-2)33(29,30)26-12-5-3-4-6-13-26/h7-11,14-16H,3-6,12-13H2,1-2H3,(H,25,27). The molecular formula is C23H27ClN2O6S. The number of benzene rings is 2. The summed E-state index contributed by atoms with van der Waals surface area (Å²) in [4.78, 5) is 25.3. The molecule has 0 aromatic heterocycles. The van der Waals surface area contributed by atoms with Crippen LogP contribution in [0.1, 0.15) is 43.0 Å². The molecule has 1 N–H and O–H groups in total. The first kappa shape index (κ1) is 25.0. The van der Waals surface area contributed by atoms with E-state index in [-0.39, 0.29) is 16.2 Å². The van der Waals surface area contributed by atoms with E-state index in [1.165, 1.54) is 36.5 Å². The molecule has 1 unspecified atom stereocenters. The average molecular weight is 495 g/mol. The molecule has 2 aromatic rings. The monoisotopic (exact) mass is 494 g/mol. The number of carbonyl (C=O) groups is 2. The number of halogens is 1. The topological polar surface area (TPSA) is 102 Å². The van der Waals surface area contributed by atoms with Crippen molar-refractivity contribution < 1.29 is 27.5 Å². The highest BCUT2D eigenvalue weighted by Crippen LogP contribution is 2.27. The molecule has 0 aliphatic carbocycles. The number of ether oxygens (including phenoxy) is 2. The molecule has 178 valence electrons. The third kappa shape index (κ3) is 6.25. The molecule has 1 saturated heterocycles. The van der Waals surface area contributed by atoms with Crippen LogP contribution in [-0.2, 0) is 19.6 Å². The van der Waals surface area contributed by atoms with Crippen LogP contribution in [0.25, 0.3) is 0 Å². The largest absolute Gasteiger partial charge is 0.496 e. The zero-order valence-corrected chi connectivity index (χ0v) is 20.1. The van der Waals surface area contributed by atoms with Crippen LogP contribution in [0.2, 0.25) is 5.02 Å². The van der Waals surface area contributed by atoms with Gasteiger partial charge < -0.3 is 14.8 Å². The van der Waals surface area contributed by atoms with E-state index in [0.717, 1.165) is 25.7 Å². The summed E-state index contributed by atoms with van der Waals surface area (Å²) in [6, 6.07) is 10.6. The maximum atomic E-state index is 13.1. The first-order valence-corrected chi connectivity index (χ1v) is 12.5. The number of sulfonamides is 1. The van der Waals surface area contributed by atoms with Gasteiger partial charge in [0.25, 0.3) is 5.91 Å². The predicted octanol–water partition coefficient (Wildman–Crippen LogP) is 4.10. The second-order valence-corrected chi connectivity index (χ2v) is 10.1. The molecule has 1 atom stereocenters. The maximum Gasteiger partial charge on any atom is 0.342 e. The van der Waals surface area contributed by atoms with E-state index in [2.05, 4.69) is 5.32 Å². The van der Waals surface area contributed by atoms with Crippen molar-refractivity contribution in [2.24, 2.45) is 0 Å². The van der Waals surface area contributed by atoms with Crippen LogP contribution < -0.4 is 10.1 Å². The molecule has 3 rings (SSSR count). The first-order valence-electron chi connectivity index (χ1n) is 10.7. The van der Waals surface area contributed by atoms with E-state index in [0.29, 0.717) is 23.8 Å². The molecule has 1 aliphatic heterocycles. The molecular weight excluding hydrogens is 468 g/mol. The van der Waals surface area contributed by atoms with Gasteiger partial charge in [-0.1, -0.05) is 30.5 Å². The van der Waals surface area contributed by atoms with Crippen molar-refractivity contribution in [1.29, 1.82) is 0 Å². The van der Waals surface area contributed by atoms with Gasteiger partial charge in [0, 0.05) is 23.8 Å². The van der Waals surface area contributed by atoms with Crippen molar-refractivity contribution in [3.63, 3.8) is 0 Å². The van der Waals surface area contributed by atoms with E-state index in [4.69, 9.17) is 21.1 Å². The predicted molar refractivity (Wildman–Crippen MR) is 125 cm³/mol. The van der Waals surface area contributed by atoms with Gasteiger partial charge in [-0.15, -0.1) is 0 Å². The fourth-order valence-electron chi connectivity index (χ4n) is 3.53. The SMILES string of the molecule is COc1ccc(S(=O)(=O)N2CCCCCC2)cc1C(=O)OC(C)C(=O)Nc1cccc(Cl)c1. The number of esters is 1. The van der Waals surface area contributed by atoms with Gasteiger partial charge in [0.1, 0.15) is 11.3 Å². The number of rotatable bonds is 7. The molecule has 1 aliphatic rings. The minimum Gasteiger partial charge on any atom is -0.496 e. The van der Waals surface area contributed by atoms with Crippen LogP contribution in [-0.4, -0.2) is 50.9 Å². The Hall–Kier alpha value is -2.62. The number of hydrogen-bond acceptors (Lipinski definition) is 6. The van der Waals surface area contributed by atoms with Crippen LogP contribution >= 0.6 is 11.6 Å². The molecule has 0 saturated carbocycles. The van der Waals surface area contributed by atoms with E-state index in [1.54, 1.807) is 24.3 Å². The van der Waals surface area contributed by atoms with E-state index < -0.39 is 28.0 Å². The molecule has 10 heteroatoms. The van der Waals surface area contributed by atoms with Crippen LogP contribution in [0.4, 0.5) is 5.69 Å².